The predicted molar refractivity (Wildman–Crippen MR) is 145 cm³/mol. The zero-order chi connectivity index (χ0) is 25.1. The van der Waals surface area contributed by atoms with Crippen LogP contribution < -0.4 is 10.5 Å². The lowest BCUT2D eigenvalue weighted by Crippen LogP contribution is -2.26. The zero-order valence-electron chi connectivity index (χ0n) is 20.4. The summed E-state index contributed by atoms with van der Waals surface area (Å²) >= 11 is 6.63. The summed E-state index contributed by atoms with van der Waals surface area (Å²) in [6, 6.07) is 19.6. The molecule has 0 radical (unpaired) electrons. The Hall–Kier alpha value is -3.02. The number of benzene rings is 3. The first-order valence-corrected chi connectivity index (χ1v) is 13.1. The Bertz CT molecular complexity index is 1260. The second-order valence-electron chi connectivity index (χ2n) is 9.68. The van der Waals surface area contributed by atoms with E-state index in [1.807, 2.05) is 24.3 Å². The molecule has 1 atom stereocenters. The molecule has 3 aromatic rings. The van der Waals surface area contributed by atoms with Crippen LogP contribution in [0.5, 0.6) is 11.5 Å². The second kappa shape index (κ2) is 10.9. The van der Waals surface area contributed by atoms with E-state index in [2.05, 4.69) is 29.2 Å². The van der Waals surface area contributed by atoms with Gasteiger partial charge in [-0.1, -0.05) is 29.8 Å². The van der Waals surface area contributed by atoms with Crippen LogP contribution in [0, 0.1) is 0 Å². The number of aromatic hydroxyl groups is 1. The first-order valence-electron chi connectivity index (χ1n) is 12.7. The Morgan fingerprint density at radius 1 is 1.03 bits per heavy atom. The quantitative estimate of drug-likeness (QED) is 0.348. The number of phenols is 1. The smallest absolute Gasteiger partial charge is 0.119 e. The van der Waals surface area contributed by atoms with Gasteiger partial charge < -0.3 is 15.6 Å². The van der Waals surface area contributed by atoms with Crippen LogP contribution >= 0.6 is 11.6 Å². The predicted octanol–water partition coefficient (Wildman–Crippen LogP) is 6.74. The normalized spacial score (nSPS) is 18.2. The molecule has 3 N–H and O–H groups in total. The molecule has 1 saturated heterocycles. The topological polar surface area (TPSA) is 58.7 Å². The lowest BCUT2D eigenvalue weighted by Gasteiger charge is -2.19. The third-order valence-electron chi connectivity index (χ3n) is 7.13. The molecule has 2 aliphatic rings. The molecule has 1 heterocycles. The molecule has 0 amide bonds. The highest BCUT2D eigenvalue weighted by Crippen LogP contribution is 2.43. The molecule has 1 aliphatic heterocycles. The maximum Gasteiger partial charge on any atom is 0.119 e. The van der Waals surface area contributed by atoms with E-state index in [1.165, 1.54) is 5.56 Å². The Balaban J connectivity index is 1.49. The number of rotatable bonds is 7. The maximum absolute atomic E-state index is 12.5. The summed E-state index contributed by atoms with van der Waals surface area (Å²) in [7, 11) is 0. The minimum atomic E-state index is -0.271. The number of aryl methyl sites for hydroxylation is 1. The first kappa shape index (κ1) is 24.7. The van der Waals surface area contributed by atoms with Crippen molar-refractivity contribution in [1.82, 2.24) is 4.90 Å². The minimum Gasteiger partial charge on any atom is -0.508 e. The molecule has 1 fully saturated rings. The number of anilines is 1. The van der Waals surface area contributed by atoms with Gasteiger partial charge in [0.15, 0.2) is 0 Å². The molecular formula is C30H32ClFN2O2. The van der Waals surface area contributed by atoms with Gasteiger partial charge in [-0.15, -0.1) is 0 Å². The Kier molecular flexibility index (Phi) is 7.49. The van der Waals surface area contributed by atoms with Crippen LogP contribution in [0.2, 0.25) is 5.02 Å². The molecule has 1 aliphatic carbocycles. The number of nitrogens with zero attached hydrogens (tertiary/aromatic N) is 1. The van der Waals surface area contributed by atoms with Gasteiger partial charge in [0.1, 0.15) is 17.6 Å². The van der Waals surface area contributed by atoms with Gasteiger partial charge in [0.05, 0.1) is 11.7 Å². The lowest BCUT2D eigenvalue weighted by molar-refractivity contribution is 0.198. The van der Waals surface area contributed by atoms with Crippen LogP contribution in [0.25, 0.3) is 11.1 Å². The second-order valence-corrected chi connectivity index (χ2v) is 10.1. The molecule has 4 nitrogen and oxygen atoms in total. The largest absolute Gasteiger partial charge is 0.508 e. The van der Waals surface area contributed by atoms with E-state index in [0.29, 0.717) is 11.4 Å². The molecule has 0 bridgehead atoms. The van der Waals surface area contributed by atoms with Crippen molar-refractivity contribution >= 4 is 28.4 Å². The van der Waals surface area contributed by atoms with E-state index in [0.717, 1.165) is 84.6 Å². The van der Waals surface area contributed by atoms with E-state index in [9.17, 15) is 9.50 Å². The molecule has 0 aromatic heterocycles. The van der Waals surface area contributed by atoms with Crippen molar-refractivity contribution in [3.63, 3.8) is 0 Å². The van der Waals surface area contributed by atoms with Crippen molar-refractivity contribution in [3.05, 3.63) is 87.9 Å². The average Bonchev–Trinajstić information content (AvgIpc) is 3.22. The third-order valence-corrected chi connectivity index (χ3v) is 7.45. The van der Waals surface area contributed by atoms with Gasteiger partial charge >= 0.3 is 0 Å². The van der Waals surface area contributed by atoms with Crippen LogP contribution in [0.3, 0.4) is 0 Å². The molecule has 0 saturated carbocycles. The highest BCUT2D eigenvalue weighted by Gasteiger charge is 2.24. The summed E-state index contributed by atoms with van der Waals surface area (Å²) in [6.07, 6.45) is 4.44. The van der Waals surface area contributed by atoms with Gasteiger partial charge in [0, 0.05) is 25.3 Å². The van der Waals surface area contributed by atoms with Crippen molar-refractivity contribution in [2.75, 3.05) is 32.0 Å². The van der Waals surface area contributed by atoms with Gasteiger partial charge in [-0.05, 0) is 108 Å². The number of hydrogen-bond acceptors (Lipinski definition) is 4. The van der Waals surface area contributed by atoms with Crippen molar-refractivity contribution in [3.8, 4) is 11.5 Å². The fourth-order valence-electron chi connectivity index (χ4n) is 5.43. The van der Waals surface area contributed by atoms with Gasteiger partial charge in [-0.3, -0.25) is 9.29 Å². The SMILES string of the molecule is Nc1ccc2c(c1)CCCC(c1ccc(O)cc1Cl)=C2c1ccc(O[C@H]2CCN(CCCF)C2)cc1. The number of hydrogen-bond donors (Lipinski definition) is 2. The highest BCUT2D eigenvalue weighted by atomic mass is 35.5. The van der Waals surface area contributed by atoms with E-state index in [4.69, 9.17) is 22.1 Å². The number of alkyl halides is 1. The van der Waals surface area contributed by atoms with Gasteiger partial charge in [0.2, 0.25) is 0 Å². The number of halogens is 2. The number of phenolic OH excluding ortho intramolecular Hbond substituents is 1. The number of nitrogens with two attached hydrogens (primary N) is 1. The van der Waals surface area contributed by atoms with E-state index < -0.39 is 0 Å². The monoisotopic (exact) mass is 506 g/mol. The van der Waals surface area contributed by atoms with Crippen LogP contribution in [0.15, 0.2) is 60.7 Å². The van der Waals surface area contributed by atoms with Crippen LogP contribution in [-0.4, -0.2) is 42.4 Å². The number of nitrogen functional groups attached to an aromatic ring is 1. The van der Waals surface area contributed by atoms with E-state index >= 15 is 0 Å². The maximum atomic E-state index is 12.5. The van der Waals surface area contributed by atoms with Gasteiger partial charge in [-0.25, -0.2) is 0 Å². The lowest BCUT2D eigenvalue weighted by atomic mass is 9.87. The van der Waals surface area contributed by atoms with Crippen LogP contribution in [0.1, 0.15) is 47.9 Å². The number of ether oxygens (including phenoxy) is 1. The zero-order valence-corrected chi connectivity index (χ0v) is 21.1. The molecule has 3 aromatic carbocycles. The molecular weight excluding hydrogens is 475 g/mol. The Morgan fingerprint density at radius 2 is 1.83 bits per heavy atom. The molecule has 5 rings (SSSR count). The Morgan fingerprint density at radius 3 is 2.61 bits per heavy atom. The molecule has 6 heteroatoms. The summed E-state index contributed by atoms with van der Waals surface area (Å²) in [5.41, 5.74) is 13.6. The van der Waals surface area contributed by atoms with Crippen LogP contribution in [-0.2, 0) is 6.42 Å². The van der Waals surface area contributed by atoms with Gasteiger partial charge in [0.25, 0.3) is 0 Å². The Labute approximate surface area is 217 Å². The van der Waals surface area contributed by atoms with Crippen molar-refractivity contribution in [2.45, 2.75) is 38.2 Å². The van der Waals surface area contributed by atoms with Crippen molar-refractivity contribution in [2.24, 2.45) is 0 Å². The summed E-state index contributed by atoms with van der Waals surface area (Å²) in [4.78, 5) is 2.27. The molecule has 188 valence electrons. The summed E-state index contributed by atoms with van der Waals surface area (Å²) in [6.45, 7) is 2.31. The minimum absolute atomic E-state index is 0.127. The highest BCUT2D eigenvalue weighted by molar-refractivity contribution is 6.33. The molecule has 0 spiro atoms. The van der Waals surface area contributed by atoms with Crippen LogP contribution in [0.4, 0.5) is 10.1 Å². The first-order chi connectivity index (χ1) is 17.5. The third kappa shape index (κ3) is 5.37. The van der Waals surface area contributed by atoms with E-state index in [1.54, 1.807) is 12.1 Å². The molecule has 0 unspecified atom stereocenters. The number of allylic oxidation sites excluding steroid dienone is 1. The summed E-state index contributed by atoms with van der Waals surface area (Å²) < 4.78 is 18.8. The van der Waals surface area contributed by atoms with E-state index in [-0.39, 0.29) is 18.5 Å². The summed E-state index contributed by atoms with van der Waals surface area (Å²) in [5, 5.41) is 10.5. The van der Waals surface area contributed by atoms with Crippen molar-refractivity contribution in [1.29, 1.82) is 0 Å². The van der Waals surface area contributed by atoms with Gasteiger partial charge in [-0.2, -0.15) is 0 Å². The fourth-order valence-corrected chi connectivity index (χ4v) is 5.72. The summed E-state index contributed by atoms with van der Waals surface area (Å²) in [5.74, 6) is 0.997. The average molecular weight is 507 g/mol. The van der Waals surface area contributed by atoms with Crippen molar-refractivity contribution < 1.29 is 14.2 Å². The standard InChI is InChI=1S/C30H32ClFN2O2/c31-29-18-23(35)8-12-27(29)28-4-1-3-21-17-22(33)7-11-26(21)30(28)20-5-9-24(10-6-20)36-25-13-16-34(19-25)15-2-14-32/h5-12,17-18,25,35H,1-4,13-16,19,33H2/t25-/m0/s1. The molecule has 36 heavy (non-hydrogen) atoms. The number of likely N-dealkylation sites (tertiary alicyclic amines) is 1. The number of fused-ring (bicyclic) bond motifs is 1. The fraction of sp³-hybridized carbons (Fsp3) is 0.333.